The van der Waals surface area contributed by atoms with Crippen LogP contribution in [0.5, 0.6) is 0 Å². The zero-order valence-electron chi connectivity index (χ0n) is 10.6. The highest BCUT2D eigenvalue weighted by Gasteiger charge is 2.31. The number of aliphatic hydroxyl groups is 1. The molecule has 1 saturated carbocycles. The van der Waals surface area contributed by atoms with Crippen molar-refractivity contribution in [2.45, 2.75) is 56.6 Å². The number of nitrogens with zero attached hydrogens (tertiary/aromatic N) is 2. The van der Waals surface area contributed by atoms with E-state index in [-0.39, 0.29) is 10.9 Å². The molecule has 0 amide bonds. The third-order valence-corrected chi connectivity index (χ3v) is 3.96. The monoisotopic (exact) mass is 256 g/mol. The highest BCUT2D eigenvalue weighted by Crippen LogP contribution is 2.33. The average molecular weight is 256 g/mol. The lowest BCUT2D eigenvalue weighted by molar-refractivity contribution is 0.140. The van der Waals surface area contributed by atoms with Crippen LogP contribution in [0, 0.1) is 5.92 Å². The predicted octanol–water partition coefficient (Wildman–Crippen LogP) is 2.41. The van der Waals surface area contributed by atoms with Gasteiger partial charge in [-0.25, -0.2) is 0 Å². The lowest BCUT2D eigenvalue weighted by Crippen LogP contribution is -2.13. The maximum Gasteiger partial charge on any atom is 0.229 e. The van der Waals surface area contributed by atoms with Gasteiger partial charge in [0.15, 0.2) is 5.82 Å². The summed E-state index contributed by atoms with van der Waals surface area (Å²) in [6.45, 7) is 6.49. The van der Waals surface area contributed by atoms with Crippen molar-refractivity contribution in [3.8, 4) is 0 Å². The Labute approximate surface area is 106 Å². The van der Waals surface area contributed by atoms with Gasteiger partial charge >= 0.3 is 0 Å². The summed E-state index contributed by atoms with van der Waals surface area (Å²) in [6.07, 6.45) is 2.45. The molecule has 0 saturated heterocycles. The molecule has 96 valence electrons. The van der Waals surface area contributed by atoms with Crippen molar-refractivity contribution < 1.29 is 9.63 Å². The minimum atomic E-state index is -0.307. The Kier molecular flexibility index (Phi) is 3.78. The zero-order chi connectivity index (χ0) is 12.5. The minimum Gasteiger partial charge on any atom is -0.392 e. The molecular weight excluding hydrogens is 236 g/mol. The number of hydrogen-bond donors (Lipinski definition) is 1. The van der Waals surface area contributed by atoms with E-state index in [2.05, 4.69) is 30.9 Å². The molecule has 1 aromatic rings. The standard InChI is InChI=1S/C12H20N2O2S/c1-12(2,3)17-7-10-13-11(16-14-10)6-9(15)8-4-5-8/h8-9,15H,4-7H2,1-3H3. The Balaban J connectivity index is 1.82. The van der Waals surface area contributed by atoms with Crippen molar-refractivity contribution in [2.75, 3.05) is 0 Å². The maximum absolute atomic E-state index is 9.78. The maximum atomic E-state index is 9.78. The van der Waals surface area contributed by atoms with Crippen molar-refractivity contribution in [1.29, 1.82) is 0 Å². The summed E-state index contributed by atoms with van der Waals surface area (Å²) in [4.78, 5) is 4.30. The van der Waals surface area contributed by atoms with Crippen molar-refractivity contribution in [3.63, 3.8) is 0 Å². The molecule has 1 heterocycles. The quantitative estimate of drug-likeness (QED) is 0.876. The molecule has 0 spiro atoms. The second kappa shape index (κ2) is 4.98. The van der Waals surface area contributed by atoms with Gasteiger partial charge in [0.05, 0.1) is 18.3 Å². The molecule has 1 fully saturated rings. The lowest BCUT2D eigenvalue weighted by Gasteiger charge is -2.15. The molecule has 1 unspecified atom stereocenters. The second-order valence-corrected chi connectivity index (χ2v) is 7.42. The van der Waals surface area contributed by atoms with Crippen LogP contribution in [0.3, 0.4) is 0 Å². The van der Waals surface area contributed by atoms with Gasteiger partial charge in [0, 0.05) is 4.75 Å². The van der Waals surface area contributed by atoms with Crippen molar-refractivity contribution in [3.05, 3.63) is 11.7 Å². The lowest BCUT2D eigenvalue weighted by atomic mass is 10.2. The van der Waals surface area contributed by atoms with Gasteiger partial charge in [0.1, 0.15) is 0 Å². The van der Waals surface area contributed by atoms with Gasteiger partial charge in [-0.2, -0.15) is 4.98 Å². The van der Waals surface area contributed by atoms with Crippen LogP contribution in [0.1, 0.15) is 45.3 Å². The fourth-order valence-corrected chi connectivity index (χ4v) is 2.22. The molecule has 4 nitrogen and oxygen atoms in total. The Bertz CT molecular complexity index is 369. The molecule has 1 N–H and O–H groups in total. The van der Waals surface area contributed by atoms with Crippen LogP contribution in [-0.2, 0) is 12.2 Å². The van der Waals surface area contributed by atoms with E-state index in [0.29, 0.717) is 18.2 Å². The van der Waals surface area contributed by atoms with Crippen LogP contribution in [0.4, 0.5) is 0 Å². The van der Waals surface area contributed by atoms with Gasteiger partial charge < -0.3 is 9.63 Å². The fourth-order valence-electron chi connectivity index (χ4n) is 1.54. The van der Waals surface area contributed by atoms with Crippen LogP contribution in [0.25, 0.3) is 0 Å². The Morgan fingerprint density at radius 3 is 2.76 bits per heavy atom. The highest BCUT2D eigenvalue weighted by molar-refractivity contribution is 7.99. The van der Waals surface area contributed by atoms with E-state index in [1.54, 1.807) is 11.8 Å². The first-order valence-corrected chi connectivity index (χ1v) is 7.06. The summed E-state index contributed by atoms with van der Waals surface area (Å²) in [5.41, 5.74) is 0. The molecule has 17 heavy (non-hydrogen) atoms. The van der Waals surface area contributed by atoms with Gasteiger partial charge in [-0.3, -0.25) is 0 Å². The number of aromatic nitrogens is 2. The first-order chi connectivity index (χ1) is 7.94. The molecule has 0 radical (unpaired) electrons. The Morgan fingerprint density at radius 2 is 2.18 bits per heavy atom. The average Bonchev–Trinajstić information content (AvgIpc) is 2.97. The minimum absolute atomic E-state index is 0.203. The van der Waals surface area contributed by atoms with Crippen LogP contribution in [0.15, 0.2) is 4.52 Å². The van der Waals surface area contributed by atoms with Gasteiger partial charge in [-0.1, -0.05) is 25.9 Å². The van der Waals surface area contributed by atoms with Gasteiger partial charge in [-0.15, -0.1) is 11.8 Å². The molecule has 2 rings (SSSR count). The molecule has 0 aliphatic heterocycles. The summed E-state index contributed by atoms with van der Waals surface area (Å²) >= 11 is 1.79. The van der Waals surface area contributed by atoms with E-state index in [1.165, 1.54) is 0 Å². The van der Waals surface area contributed by atoms with Crippen LogP contribution >= 0.6 is 11.8 Å². The van der Waals surface area contributed by atoms with E-state index in [0.717, 1.165) is 24.4 Å². The van der Waals surface area contributed by atoms with Crippen molar-refractivity contribution in [2.24, 2.45) is 5.92 Å². The highest BCUT2D eigenvalue weighted by atomic mass is 32.2. The molecule has 0 aromatic carbocycles. The number of hydrogen-bond acceptors (Lipinski definition) is 5. The van der Waals surface area contributed by atoms with E-state index in [9.17, 15) is 5.11 Å². The zero-order valence-corrected chi connectivity index (χ0v) is 11.5. The molecule has 0 bridgehead atoms. The second-order valence-electron chi connectivity index (χ2n) is 5.61. The first kappa shape index (κ1) is 12.9. The molecule has 1 aromatic heterocycles. The summed E-state index contributed by atoms with van der Waals surface area (Å²) in [5, 5.41) is 13.7. The third-order valence-electron chi connectivity index (χ3n) is 2.69. The van der Waals surface area contributed by atoms with Crippen LogP contribution < -0.4 is 0 Å². The molecule has 1 aliphatic rings. The Morgan fingerprint density at radius 1 is 1.47 bits per heavy atom. The molecular formula is C12H20N2O2S. The van der Waals surface area contributed by atoms with Gasteiger partial charge in [0.25, 0.3) is 0 Å². The van der Waals surface area contributed by atoms with E-state index < -0.39 is 0 Å². The molecule has 1 atom stereocenters. The summed E-state index contributed by atoms with van der Waals surface area (Å²) < 4.78 is 5.35. The van der Waals surface area contributed by atoms with Crippen LogP contribution in [0.2, 0.25) is 0 Å². The van der Waals surface area contributed by atoms with Crippen molar-refractivity contribution >= 4 is 11.8 Å². The van der Waals surface area contributed by atoms with Crippen LogP contribution in [-0.4, -0.2) is 26.1 Å². The SMILES string of the molecule is CC(C)(C)SCc1noc(CC(O)C2CC2)n1. The van der Waals surface area contributed by atoms with E-state index in [4.69, 9.17) is 4.52 Å². The first-order valence-electron chi connectivity index (χ1n) is 6.07. The van der Waals surface area contributed by atoms with Gasteiger partial charge in [-0.05, 0) is 18.8 Å². The van der Waals surface area contributed by atoms with E-state index >= 15 is 0 Å². The topological polar surface area (TPSA) is 59.2 Å². The summed E-state index contributed by atoms with van der Waals surface area (Å²) in [7, 11) is 0. The van der Waals surface area contributed by atoms with Gasteiger partial charge in [0.2, 0.25) is 5.89 Å². The molecule has 5 heteroatoms. The largest absolute Gasteiger partial charge is 0.392 e. The third kappa shape index (κ3) is 4.32. The normalized spacial score (nSPS) is 18.4. The number of rotatable bonds is 5. The smallest absolute Gasteiger partial charge is 0.229 e. The van der Waals surface area contributed by atoms with E-state index in [1.807, 2.05) is 0 Å². The Hall–Kier alpha value is -0.550. The van der Waals surface area contributed by atoms with Crippen molar-refractivity contribution in [1.82, 2.24) is 10.1 Å². The molecule has 1 aliphatic carbocycles. The summed E-state index contributed by atoms with van der Waals surface area (Å²) in [5.74, 6) is 2.50. The number of thioether (sulfide) groups is 1. The number of aliphatic hydroxyl groups excluding tert-OH is 1. The fraction of sp³-hybridized carbons (Fsp3) is 0.833. The summed E-state index contributed by atoms with van der Waals surface area (Å²) in [6, 6.07) is 0. The predicted molar refractivity (Wildman–Crippen MR) is 67.8 cm³/mol.